The van der Waals surface area contributed by atoms with Gasteiger partial charge >= 0.3 is 0 Å². The molecule has 2 nitrogen and oxygen atoms in total. The van der Waals surface area contributed by atoms with Crippen molar-refractivity contribution in [2.75, 3.05) is 6.54 Å². The van der Waals surface area contributed by atoms with Crippen LogP contribution in [0.4, 0.5) is 0 Å². The standard InChI is InChI=1S/C16H17Cl2NO/c1-3-19-11(2)12-5-4-6-14(9-12)20-16-10-13(17)7-8-15(16)18/h4-11,19H,3H2,1-2H3. The van der Waals surface area contributed by atoms with Crippen molar-refractivity contribution in [1.29, 1.82) is 0 Å². The molecule has 2 aromatic carbocycles. The molecule has 0 aliphatic heterocycles. The first kappa shape index (κ1) is 15.2. The molecule has 0 spiro atoms. The largest absolute Gasteiger partial charge is 0.456 e. The Morgan fingerprint density at radius 1 is 1.15 bits per heavy atom. The van der Waals surface area contributed by atoms with Crippen LogP contribution in [0.1, 0.15) is 25.5 Å². The van der Waals surface area contributed by atoms with Gasteiger partial charge < -0.3 is 10.1 Å². The third kappa shape index (κ3) is 3.89. The van der Waals surface area contributed by atoms with Gasteiger partial charge in [-0.05, 0) is 43.3 Å². The molecule has 0 saturated carbocycles. The predicted molar refractivity (Wildman–Crippen MR) is 85.1 cm³/mol. The lowest BCUT2D eigenvalue weighted by molar-refractivity contribution is 0.480. The summed E-state index contributed by atoms with van der Waals surface area (Å²) >= 11 is 12.1. The van der Waals surface area contributed by atoms with E-state index in [1.54, 1.807) is 18.2 Å². The van der Waals surface area contributed by atoms with Crippen molar-refractivity contribution in [2.45, 2.75) is 19.9 Å². The molecule has 0 saturated heterocycles. The van der Waals surface area contributed by atoms with E-state index < -0.39 is 0 Å². The van der Waals surface area contributed by atoms with Gasteiger partial charge in [0.2, 0.25) is 0 Å². The molecule has 1 atom stereocenters. The van der Waals surface area contributed by atoms with Crippen LogP contribution in [0.15, 0.2) is 42.5 Å². The summed E-state index contributed by atoms with van der Waals surface area (Å²) in [6, 6.07) is 13.4. The van der Waals surface area contributed by atoms with Crippen molar-refractivity contribution in [3.05, 3.63) is 58.1 Å². The molecular formula is C16H17Cl2NO. The van der Waals surface area contributed by atoms with Crippen LogP contribution in [0.3, 0.4) is 0 Å². The molecule has 0 amide bonds. The second kappa shape index (κ2) is 6.98. The van der Waals surface area contributed by atoms with Crippen molar-refractivity contribution in [3.63, 3.8) is 0 Å². The van der Waals surface area contributed by atoms with E-state index in [4.69, 9.17) is 27.9 Å². The number of halogens is 2. The lowest BCUT2D eigenvalue weighted by atomic mass is 10.1. The van der Waals surface area contributed by atoms with Crippen molar-refractivity contribution >= 4 is 23.2 Å². The molecule has 0 heterocycles. The number of benzene rings is 2. The monoisotopic (exact) mass is 309 g/mol. The summed E-state index contributed by atoms with van der Waals surface area (Å²) in [7, 11) is 0. The molecule has 20 heavy (non-hydrogen) atoms. The van der Waals surface area contributed by atoms with E-state index in [1.165, 1.54) is 5.56 Å². The fourth-order valence-corrected chi connectivity index (χ4v) is 2.27. The van der Waals surface area contributed by atoms with Crippen LogP contribution in [-0.2, 0) is 0 Å². The zero-order valence-corrected chi connectivity index (χ0v) is 13.0. The molecule has 0 fully saturated rings. The lowest BCUT2D eigenvalue weighted by Gasteiger charge is -2.14. The number of hydrogen-bond acceptors (Lipinski definition) is 2. The van der Waals surface area contributed by atoms with Crippen LogP contribution < -0.4 is 10.1 Å². The minimum absolute atomic E-state index is 0.276. The Bertz CT molecular complexity index is 586. The molecule has 4 heteroatoms. The number of ether oxygens (including phenoxy) is 1. The molecule has 1 unspecified atom stereocenters. The van der Waals surface area contributed by atoms with Gasteiger partial charge in [0, 0.05) is 17.1 Å². The van der Waals surface area contributed by atoms with Gasteiger partial charge in [0.15, 0.2) is 0 Å². The van der Waals surface area contributed by atoms with Crippen LogP contribution in [0.2, 0.25) is 10.0 Å². The average molecular weight is 310 g/mol. The van der Waals surface area contributed by atoms with E-state index in [1.807, 2.05) is 18.2 Å². The van der Waals surface area contributed by atoms with E-state index in [0.29, 0.717) is 15.8 Å². The van der Waals surface area contributed by atoms with Gasteiger partial charge in [0.25, 0.3) is 0 Å². The maximum absolute atomic E-state index is 6.10. The molecule has 0 radical (unpaired) electrons. The number of nitrogens with one attached hydrogen (secondary N) is 1. The topological polar surface area (TPSA) is 21.3 Å². The van der Waals surface area contributed by atoms with E-state index in [2.05, 4.69) is 25.2 Å². The summed E-state index contributed by atoms with van der Waals surface area (Å²) in [5.41, 5.74) is 1.17. The molecule has 1 N–H and O–H groups in total. The minimum atomic E-state index is 0.276. The van der Waals surface area contributed by atoms with Crippen molar-refractivity contribution in [2.24, 2.45) is 0 Å². The van der Waals surface area contributed by atoms with Gasteiger partial charge in [-0.15, -0.1) is 0 Å². The zero-order valence-electron chi connectivity index (χ0n) is 11.5. The van der Waals surface area contributed by atoms with Crippen LogP contribution in [0.5, 0.6) is 11.5 Å². The second-order valence-electron chi connectivity index (χ2n) is 4.53. The van der Waals surface area contributed by atoms with E-state index in [-0.39, 0.29) is 6.04 Å². The summed E-state index contributed by atoms with van der Waals surface area (Å²) in [6.07, 6.45) is 0. The number of hydrogen-bond donors (Lipinski definition) is 1. The Morgan fingerprint density at radius 3 is 2.70 bits per heavy atom. The summed E-state index contributed by atoms with van der Waals surface area (Å²) in [5.74, 6) is 1.31. The van der Waals surface area contributed by atoms with E-state index in [9.17, 15) is 0 Å². The molecular weight excluding hydrogens is 293 g/mol. The third-order valence-corrected chi connectivity index (χ3v) is 3.54. The van der Waals surface area contributed by atoms with E-state index in [0.717, 1.165) is 12.3 Å². The highest BCUT2D eigenvalue weighted by Crippen LogP contribution is 2.32. The zero-order chi connectivity index (χ0) is 14.5. The summed E-state index contributed by atoms with van der Waals surface area (Å²) in [5, 5.41) is 4.51. The summed E-state index contributed by atoms with van der Waals surface area (Å²) in [4.78, 5) is 0. The van der Waals surface area contributed by atoms with Crippen molar-refractivity contribution < 1.29 is 4.74 Å². The average Bonchev–Trinajstić information content (AvgIpc) is 2.43. The summed E-state index contributed by atoms with van der Waals surface area (Å²) in [6.45, 7) is 5.13. The van der Waals surface area contributed by atoms with Gasteiger partial charge in [0.1, 0.15) is 11.5 Å². The van der Waals surface area contributed by atoms with E-state index >= 15 is 0 Å². The SMILES string of the molecule is CCNC(C)c1cccc(Oc2cc(Cl)ccc2Cl)c1. The Kier molecular flexibility index (Phi) is 5.30. The van der Waals surface area contributed by atoms with Crippen molar-refractivity contribution in [3.8, 4) is 11.5 Å². The van der Waals surface area contributed by atoms with Crippen LogP contribution in [-0.4, -0.2) is 6.54 Å². The number of rotatable bonds is 5. The predicted octanol–water partition coefficient (Wildman–Crippen LogP) is 5.46. The maximum Gasteiger partial charge on any atom is 0.147 e. The molecule has 2 aromatic rings. The fraction of sp³-hybridized carbons (Fsp3) is 0.250. The molecule has 2 rings (SSSR count). The Labute approximate surface area is 129 Å². The highest BCUT2D eigenvalue weighted by Gasteiger charge is 2.07. The minimum Gasteiger partial charge on any atom is -0.456 e. The van der Waals surface area contributed by atoms with Crippen LogP contribution >= 0.6 is 23.2 Å². The maximum atomic E-state index is 6.10. The van der Waals surface area contributed by atoms with Gasteiger partial charge in [-0.25, -0.2) is 0 Å². The highest BCUT2D eigenvalue weighted by atomic mass is 35.5. The Hall–Kier alpha value is -1.22. The first-order chi connectivity index (χ1) is 9.60. The molecule has 106 valence electrons. The van der Waals surface area contributed by atoms with Gasteiger partial charge in [-0.2, -0.15) is 0 Å². The normalized spacial score (nSPS) is 12.2. The fourth-order valence-electron chi connectivity index (χ4n) is 1.95. The smallest absolute Gasteiger partial charge is 0.147 e. The first-order valence-corrected chi connectivity index (χ1v) is 7.32. The lowest BCUT2D eigenvalue weighted by Crippen LogP contribution is -2.17. The van der Waals surface area contributed by atoms with Gasteiger partial charge in [-0.1, -0.05) is 42.3 Å². The van der Waals surface area contributed by atoms with Crippen LogP contribution in [0.25, 0.3) is 0 Å². The quantitative estimate of drug-likeness (QED) is 0.792. The Balaban J connectivity index is 2.21. The molecule has 0 aliphatic carbocycles. The second-order valence-corrected chi connectivity index (χ2v) is 5.37. The van der Waals surface area contributed by atoms with Gasteiger partial charge in [-0.3, -0.25) is 0 Å². The highest BCUT2D eigenvalue weighted by molar-refractivity contribution is 6.34. The van der Waals surface area contributed by atoms with Gasteiger partial charge in [0.05, 0.1) is 5.02 Å². The Morgan fingerprint density at radius 2 is 1.95 bits per heavy atom. The first-order valence-electron chi connectivity index (χ1n) is 6.56. The summed E-state index contributed by atoms with van der Waals surface area (Å²) < 4.78 is 5.81. The van der Waals surface area contributed by atoms with Crippen molar-refractivity contribution in [1.82, 2.24) is 5.32 Å². The molecule has 0 aliphatic rings. The van der Waals surface area contributed by atoms with Crippen LogP contribution in [0, 0.1) is 0 Å². The third-order valence-electron chi connectivity index (χ3n) is 2.99. The molecule has 0 bridgehead atoms. The molecule has 0 aromatic heterocycles.